The van der Waals surface area contributed by atoms with Crippen molar-refractivity contribution in [2.75, 3.05) is 6.61 Å². The molecule has 0 fully saturated rings. The van der Waals surface area contributed by atoms with Gasteiger partial charge in [-0.15, -0.1) is 0 Å². The molecule has 0 aliphatic carbocycles. The number of benzene rings is 1. The summed E-state index contributed by atoms with van der Waals surface area (Å²) in [6.45, 7) is 3.49. The molecule has 0 spiro atoms. The van der Waals surface area contributed by atoms with Crippen LogP contribution in [0.4, 0.5) is 0 Å². The molecule has 0 atom stereocenters. The first kappa shape index (κ1) is 12.6. The molecule has 0 aliphatic heterocycles. The lowest BCUT2D eigenvalue weighted by Crippen LogP contribution is -2.05. The second kappa shape index (κ2) is 4.42. The van der Waals surface area contributed by atoms with Crippen LogP contribution in [0.15, 0.2) is 10.5 Å². The fourth-order valence-electron chi connectivity index (χ4n) is 1.75. The molecule has 2 rings (SSSR count). The number of hydrogen-bond donors (Lipinski definition) is 2. The fourth-order valence-corrected chi connectivity index (χ4v) is 1.98. The van der Waals surface area contributed by atoms with E-state index in [-0.39, 0.29) is 22.8 Å². The Morgan fingerprint density at radius 1 is 1.50 bits per heavy atom. The Bertz CT molecular complexity index is 629. The number of aryl methyl sites for hydroxylation is 1. The summed E-state index contributed by atoms with van der Waals surface area (Å²) in [5, 5.41) is 19.2. The summed E-state index contributed by atoms with van der Waals surface area (Å²) in [5.74, 6) is -1.14. The largest absolute Gasteiger partial charge is 0.504 e. The van der Waals surface area contributed by atoms with Crippen molar-refractivity contribution in [3.63, 3.8) is 0 Å². The highest BCUT2D eigenvalue weighted by Crippen LogP contribution is 2.42. The lowest BCUT2D eigenvalue weighted by Gasteiger charge is -2.02. The second-order valence-corrected chi connectivity index (χ2v) is 4.07. The highest BCUT2D eigenvalue weighted by atomic mass is 35.5. The average molecular weight is 271 g/mol. The van der Waals surface area contributed by atoms with E-state index in [1.54, 1.807) is 13.8 Å². The van der Waals surface area contributed by atoms with Crippen molar-refractivity contribution < 1.29 is 24.2 Å². The van der Waals surface area contributed by atoms with E-state index in [2.05, 4.69) is 0 Å². The number of fused-ring (bicyclic) bond motifs is 1. The van der Waals surface area contributed by atoms with E-state index in [4.69, 9.17) is 20.8 Å². The summed E-state index contributed by atoms with van der Waals surface area (Å²) in [4.78, 5) is 11.8. The molecule has 6 heteroatoms. The van der Waals surface area contributed by atoms with Crippen LogP contribution in [0.2, 0.25) is 5.02 Å². The third-order valence-corrected chi connectivity index (χ3v) is 2.88. The number of hydrogen-bond acceptors (Lipinski definition) is 5. The SMILES string of the molecule is CCOC(=O)c1c(C)oc2c(Cl)c(O)c(O)cc12. The third-order valence-electron chi connectivity index (χ3n) is 2.53. The number of phenols is 2. The van der Waals surface area contributed by atoms with Crippen LogP contribution in [0.5, 0.6) is 11.5 Å². The van der Waals surface area contributed by atoms with Gasteiger partial charge in [0, 0.05) is 5.39 Å². The summed E-state index contributed by atoms with van der Waals surface area (Å²) in [5.41, 5.74) is 0.344. The van der Waals surface area contributed by atoms with Gasteiger partial charge in [0.2, 0.25) is 0 Å². The molecule has 1 aromatic carbocycles. The van der Waals surface area contributed by atoms with Crippen molar-refractivity contribution in [2.24, 2.45) is 0 Å². The minimum Gasteiger partial charge on any atom is -0.504 e. The first-order chi connectivity index (χ1) is 8.47. The minimum atomic E-state index is -0.560. The molecule has 0 bridgehead atoms. The number of carbonyl (C=O) groups is 1. The Morgan fingerprint density at radius 3 is 2.78 bits per heavy atom. The molecule has 0 radical (unpaired) electrons. The topological polar surface area (TPSA) is 79.9 Å². The van der Waals surface area contributed by atoms with Crippen molar-refractivity contribution in [1.82, 2.24) is 0 Å². The quantitative estimate of drug-likeness (QED) is 0.648. The Kier molecular flexibility index (Phi) is 3.09. The lowest BCUT2D eigenvalue weighted by atomic mass is 10.1. The van der Waals surface area contributed by atoms with Crippen molar-refractivity contribution in [3.05, 3.63) is 22.4 Å². The maximum atomic E-state index is 11.8. The van der Waals surface area contributed by atoms with Crippen LogP contribution in [-0.4, -0.2) is 22.8 Å². The summed E-state index contributed by atoms with van der Waals surface area (Å²) in [6, 6.07) is 1.22. The summed E-state index contributed by atoms with van der Waals surface area (Å²) >= 11 is 5.84. The Balaban J connectivity index is 2.76. The molecule has 0 unspecified atom stereocenters. The van der Waals surface area contributed by atoms with Gasteiger partial charge in [-0.2, -0.15) is 0 Å². The van der Waals surface area contributed by atoms with E-state index in [0.29, 0.717) is 11.1 Å². The monoisotopic (exact) mass is 270 g/mol. The van der Waals surface area contributed by atoms with Gasteiger partial charge >= 0.3 is 5.97 Å². The lowest BCUT2D eigenvalue weighted by molar-refractivity contribution is 0.0526. The normalized spacial score (nSPS) is 10.8. The maximum Gasteiger partial charge on any atom is 0.342 e. The molecular weight excluding hydrogens is 260 g/mol. The van der Waals surface area contributed by atoms with Gasteiger partial charge in [-0.3, -0.25) is 0 Å². The maximum absolute atomic E-state index is 11.8. The fraction of sp³-hybridized carbons (Fsp3) is 0.250. The number of ether oxygens (including phenoxy) is 1. The van der Waals surface area contributed by atoms with Gasteiger partial charge in [-0.05, 0) is 19.9 Å². The summed E-state index contributed by atoms with van der Waals surface area (Å²) in [6.07, 6.45) is 0. The van der Waals surface area contributed by atoms with Crippen molar-refractivity contribution >= 4 is 28.5 Å². The van der Waals surface area contributed by atoms with E-state index in [9.17, 15) is 15.0 Å². The van der Waals surface area contributed by atoms with Crippen LogP contribution < -0.4 is 0 Å². The summed E-state index contributed by atoms with van der Waals surface area (Å²) in [7, 11) is 0. The number of esters is 1. The molecule has 1 aromatic heterocycles. The van der Waals surface area contributed by atoms with Crippen molar-refractivity contribution in [1.29, 1.82) is 0 Å². The van der Waals surface area contributed by atoms with Crippen molar-refractivity contribution in [2.45, 2.75) is 13.8 Å². The number of phenolic OH excluding ortho intramolecular Hbond substituents is 2. The first-order valence-electron chi connectivity index (χ1n) is 5.28. The van der Waals surface area contributed by atoms with Gasteiger partial charge in [0.15, 0.2) is 17.1 Å². The molecule has 2 N–H and O–H groups in total. The molecule has 1 heterocycles. The summed E-state index contributed by atoms with van der Waals surface area (Å²) < 4.78 is 10.2. The zero-order valence-electron chi connectivity index (χ0n) is 9.78. The van der Waals surface area contributed by atoms with Gasteiger partial charge in [0.25, 0.3) is 0 Å². The minimum absolute atomic E-state index is 0.136. The van der Waals surface area contributed by atoms with Gasteiger partial charge in [0.1, 0.15) is 16.3 Å². The Hall–Kier alpha value is -1.88. The molecule has 96 valence electrons. The zero-order valence-corrected chi connectivity index (χ0v) is 10.5. The highest BCUT2D eigenvalue weighted by molar-refractivity contribution is 6.37. The molecule has 0 saturated carbocycles. The molecular formula is C12H11ClO5. The number of halogens is 1. The number of aromatic hydroxyl groups is 2. The molecule has 0 amide bonds. The van der Waals surface area contributed by atoms with Crippen LogP contribution >= 0.6 is 11.6 Å². The zero-order chi connectivity index (χ0) is 13.4. The number of carbonyl (C=O) groups excluding carboxylic acids is 1. The van der Waals surface area contributed by atoms with Crippen molar-refractivity contribution in [3.8, 4) is 11.5 Å². The molecule has 0 aliphatic rings. The van der Waals surface area contributed by atoms with Crippen LogP contribution in [0.25, 0.3) is 11.0 Å². The van der Waals surface area contributed by atoms with Gasteiger partial charge in [-0.1, -0.05) is 11.6 Å². The van der Waals surface area contributed by atoms with Crippen LogP contribution in [0.3, 0.4) is 0 Å². The van der Waals surface area contributed by atoms with Gasteiger partial charge in [0.05, 0.1) is 6.61 Å². The molecule has 0 saturated heterocycles. The predicted octanol–water partition coefficient (Wildman–Crippen LogP) is 2.98. The van der Waals surface area contributed by atoms with Crippen LogP contribution in [0, 0.1) is 6.92 Å². The Labute approximate surface area is 108 Å². The predicted molar refractivity (Wildman–Crippen MR) is 65.2 cm³/mol. The molecule has 18 heavy (non-hydrogen) atoms. The van der Waals surface area contributed by atoms with Gasteiger partial charge < -0.3 is 19.4 Å². The Morgan fingerprint density at radius 2 is 2.17 bits per heavy atom. The standard InChI is InChI=1S/C12H11ClO5/c1-3-17-12(16)8-5(2)18-11-6(8)4-7(14)10(15)9(11)13/h4,14-15H,3H2,1-2H3. The van der Waals surface area contributed by atoms with Crippen LogP contribution in [-0.2, 0) is 4.74 Å². The number of furan rings is 1. The molecule has 5 nitrogen and oxygen atoms in total. The highest BCUT2D eigenvalue weighted by Gasteiger charge is 2.23. The van der Waals surface area contributed by atoms with Crippen LogP contribution in [0.1, 0.15) is 23.0 Å². The molecule has 2 aromatic rings. The third kappa shape index (κ3) is 1.76. The number of rotatable bonds is 2. The smallest absolute Gasteiger partial charge is 0.342 e. The van der Waals surface area contributed by atoms with Gasteiger partial charge in [-0.25, -0.2) is 4.79 Å². The van der Waals surface area contributed by atoms with E-state index < -0.39 is 17.5 Å². The first-order valence-corrected chi connectivity index (χ1v) is 5.65. The van der Waals surface area contributed by atoms with E-state index in [1.807, 2.05) is 0 Å². The van der Waals surface area contributed by atoms with E-state index in [1.165, 1.54) is 6.07 Å². The second-order valence-electron chi connectivity index (χ2n) is 3.69. The van der Waals surface area contributed by atoms with E-state index >= 15 is 0 Å². The average Bonchev–Trinajstić information content (AvgIpc) is 2.63. The van der Waals surface area contributed by atoms with E-state index in [0.717, 1.165) is 0 Å².